The first kappa shape index (κ1) is 38.0. The molecule has 0 saturated carbocycles. The van der Waals surface area contributed by atoms with Crippen molar-refractivity contribution in [1.82, 2.24) is 21.3 Å². The Morgan fingerprint density at radius 1 is 0.769 bits per heavy atom. The highest BCUT2D eigenvalue weighted by atomic mass is 16.5. The number of amides is 3. The van der Waals surface area contributed by atoms with E-state index in [-0.39, 0.29) is 25.5 Å². The van der Waals surface area contributed by atoms with Gasteiger partial charge < -0.3 is 35.6 Å². The normalized spacial score (nSPS) is 17.3. The molecule has 5 rings (SSSR count). The van der Waals surface area contributed by atoms with Crippen LogP contribution in [0.2, 0.25) is 0 Å². The molecule has 6 N–H and O–H groups in total. The van der Waals surface area contributed by atoms with Gasteiger partial charge in [0.25, 0.3) is 0 Å². The average Bonchev–Trinajstić information content (AvgIpc) is 3.47. The molecule has 0 radical (unpaired) electrons. The molecule has 2 unspecified atom stereocenters. The van der Waals surface area contributed by atoms with Gasteiger partial charge in [-0.1, -0.05) is 111 Å². The van der Waals surface area contributed by atoms with Crippen LogP contribution in [0.15, 0.2) is 109 Å². The molecule has 4 aromatic rings. The number of hydrogen-bond acceptors (Lipinski definition) is 8. The molecule has 3 amide bonds. The van der Waals surface area contributed by atoms with Crippen molar-refractivity contribution in [2.24, 2.45) is 5.92 Å². The number of alkyl carbamates (subject to hydrolysis) is 1. The highest BCUT2D eigenvalue weighted by Gasteiger charge is 2.39. The number of methoxy groups -OCH3 is 1. The lowest BCUT2D eigenvalue weighted by Gasteiger charge is -2.33. The number of rotatable bonds is 16. The summed E-state index contributed by atoms with van der Waals surface area (Å²) in [4.78, 5) is 40.9. The average molecular weight is 709 g/mol. The highest BCUT2D eigenvalue weighted by Crippen LogP contribution is 2.31. The molecule has 6 atom stereocenters. The Hall–Kier alpha value is -5.23. The molecule has 0 heterocycles. The summed E-state index contributed by atoms with van der Waals surface area (Å²) >= 11 is 0. The first-order valence-electron chi connectivity index (χ1n) is 17.5. The van der Waals surface area contributed by atoms with E-state index < -0.39 is 54.3 Å². The molecule has 4 aromatic carbocycles. The first-order chi connectivity index (χ1) is 25.1. The van der Waals surface area contributed by atoms with Gasteiger partial charge in [-0.15, -0.1) is 0 Å². The second-order valence-corrected chi connectivity index (χ2v) is 13.4. The lowest BCUT2D eigenvalue weighted by Crippen LogP contribution is -2.62. The van der Waals surface area contributed by atoms with Crippen LogP contribution >= 0.6 is 0 Å². The van der Waals surface area contributed by atoms with Gasteiger partial charge in [-0.05, 0) is 52.3 Å². The van der Waals surface area contributed by atoms with Gasteiger partial charge in [0, 0.05) is 13.0 Å². The zero-order chi connectivity index (χ0) is 37.0. The van der Waals surface area contributed by atoms with Gasteiger partial charge in [0.15, 0.2) is 0 Å². The van der Waals surface area contributed by atoms with E-state index in [0.29, 0.717) is 12.2 Å². The third-order valence-corrected chi connectivity index (χ3v) is 9.28. The van der Waals surface area contributed by atoms with Crippen molar-refractivity contribution >= 4 is 17.9 Å². The molecular formula is C41H48N4O7. The summed E-state index contributed by atoms with van der Waals surface area (Å²) in [7, 11) is 1.58. The molecule has 1 aliphatic rings. The Balaban J connectivity index is 1.38. The van der Waals surface area contributed by atoms with Gasteiger partial charge in [0.1, 0.15) is 24.4 Å². The minimum absolute atomic E-state index is 0.0330. The van der Waals surface area contributed by atoms with Crippen molar-refractivity contribution in [2.75, 3.05) is 7.11 Å². The molecule has 0 spiro atoms. The van der Waals surface area contributed by atoms with E-state index in [9.17, 15) is 24.6 Å². The fourth-order valence-corrected chi connectivity index (χ4v) is 6.39. The number of aliphatic hydroxyl groups excluding tert-OH is 2. The molecular weight excluding hydrogens is 660 g/mol. The molecule has 274 valence electrons. The maximum atomic E-state index is 14.2. The van der Waals surface area contributed by atoms with E-state index in [1.54, 1.807) is 33.1 Å². The smallest absolute Gasteiger partial charge is 0.408 e. The van der Waals surface area contributed by atoms with E-state index in [1.165, 1.54) is 0 Å². The molecule has 0 saturated heterocycles. The van der Waals surface area contributed by atoms with Crippen molar-refractivity contribution in [3.05, 3.63) is 137 Å². The predicted molar refractivity (Wildman–Crippen MR) is 197 cm³/mol. The number of benzene rings is 4. The predicted octanol–water partition coefficient (Wildman–Crippen LogP) is 3.97. The molecule has 11 heteroatoms. The van der Waals surface area contributed by atoms with Crippen LogP contribution in [0.25, 0.3) is 0 Å². The molecule has 0 bridgehead atoms. The number of carbonyl (C=O) groups excluding carboxylic acids is 3. The lowest BCUT2D eigenvalue weighted by atomic mass is 9.94. The number of fused-ring (bicyclic) bond motifs is 1. The summed E-state index contributed by atoms with van der Waals surface area (Å²) in [6.45, 7) is 3.83. The van der Waals surface area contributed by atoms with Gasteiger partial charge in [-0.25, -0.2) is 4.79 Å². The standard InChI is InChI=1S/C41H48N4O7/c1-26(2)35(45-41(50)52-25-29-14-8-5-9-15-29)39(48)43-33(22-27-12-6-4-7-13-27)38(47)37(42-24-28-18-20-31(51-3)21-19-28)40(49)44-36-32-17-11-10-16-30(32)23-34(36)46/h4-21,26,33-38,42,46-47H,22-25H2,1-3H3,(H,43,48)(H,44,49)(H,45,50)/t33-,34?,35-,36?,37+,38+/m0/s1. The summed E-state index contributed by atoms with van der Waals surface area (Å²) in [6.07, 6.45) is -2.49. The van der Waals surface area contributed by atoms with E-state index in [4.69, 9.17) is 9.47 Å². The summed E-state index contributed by atoms with van der Waals surface area (Å²) < 4.78 is 10.7. The molecule has 0 aliphatic heterocycles. The number of carbonyl (C=O) groups is 3. The van der Waals surface area contributed by atoms with Crippen LogP contribution in [-0.4, -0.2) is 65.6 Å². The summed E-state index contributed by atoms with van der Waals surface area (Å²) in [5.41, 5.74) is 4.20. The van der Waals surface area contributed by atoms with Crippen LogP contribution < -0.4 is 26.0 Å². The largest absolute Gasteiger partial charge is 0.497 e. The van der Waals surface area contributed by atoms with Crippen LogP contribution in [0, 0.1) is 5.92 Å². The Kier molecular flexibility index (Phi) is 13.4. The molecule has 1 aliphatic carbocycles. The van der Waals surface area contributed by atoms with Crippen LogP contribution in [0.5, 0.6) is 5.75 Å². The van der Waals surface area contributed by atoms with E-state index >= 15 is 0 Å². The minimum atomic E-state index is -1.45. The fraction of sp³-hybridized carbons (Fsp3) is 0.341. The van der Waals surface area contributed by atoms with E-state index in [1.807, 2.05) is 97.1 Å². The van der Waals surface area contributed by atoms with Crippen molar-refractivity contribution in [2.45, 2.75) is 76.2 Å². The highest BCUT2D eigenvalue weighted by molar-refractivity contribution is 5.87. The Morgan fingerprint density at radius 2 is 1.40 bits per heavy atom. The van der Waals surface area contributed by atoms with Gasteiger partial charge in [-0.3, -0.25) is 14.9 Å². The van der Waals surface area contributed by atoms with Crippen LogP contribution in [-0.2, 0) is 40.3 Å². The van der Waals surface area contributed by atoms with Crippen LogP contribution in [0.4, 0.5) is 4.79 Å². The summed E-state index contributed by atoms with van der Waals surface area (Å²) in [5.74, 6) is -0.747. The maximum absolute atomic E-state index is 14.2. The van der Waals surface area contributed by atoms with Crippen LogP contribution in [0.1, 0.15) is 47.7 Å². The lowest BCUT2D eigenvalue weighted by molar-refractivity contribution is -0.131. The van der Waals surface area contributed by atoms with Crippen LogP contribution in [0.3, 0.4) is 0 Å². The zero-order valence-electron chi connectivity index (χ0n) is 29.7. The van der Waals surface area contributed by atoms with Gasteiger partial charge in [0.05, 0.1) is 31.4 Å². The van der Waals surface area contributed by atoms with Gasteiger partial charge >= 0.3 is 6.09 Å². The Morgan fingerprint density at radius 3 is 2.06 bits per heavy atom. The molecule has 52 heavy (non-hydrogen) atoms. The second-order valence-electron chi connectivity index (χ2n) is 13.4. The first-order valence-corrected chi connectivity index (χ1v) is 17.5. The van der Waals surface area contributed by atoms with E-state index in [0.717, 1.165) is 27.8 Å². The van der Waals surface area contributed by atoms with E-state index in [2.05, 4.69) is 21.3 Å². The Labute approximate surface area is 304 Å². The van der Waals surface area contributed by atoms with Gasteiger partial charge in [0.2, 0.25) is 11.8 Å². The van der Waals surface area contributed by atoms with Gasteiger partial charge in [-0.2, -0.15) is 0 Å². The number of ether oxygens (including phenoxy) is 2. The third kappa shape index (κ3) is 10.2. The number of aliphatic hydroxyl groups is 2. The fourth-order valence-electron chi connectivity index (χ4n) is 6.39. The Bertz CT molecular complexity index is 1750. The summed E-state index contributed by atoms with van der Waals surface area (Å²) in [6, 6.07) is 29.5. The third-order valence-electron chi connectivity index (χ3n) is 9.28. The topological polar surface area (TPSA) is 158 Å². The van der Waals surface area contributed by atoms with Crippen molar-refractivity contribution in [3.8, 4) is 5.75 Å². The quantitative estimate of drug-likeness (QED) is 0.102. The second kappa shape index (κ2) is 18.3. The molecule has 0 fully saturated rings. The SMILES string of the molecule is COc1ccc(CN[C@@H](C(=O)NC2c3ccccc3CC2O)[C@H](O)[C@H](Cc2ccccc2)NC(=O)[C@@H](NC(=O)OCc2ccccc2)C(C)C)cc1. The maximum Gasteiger partial charge on any atom is 0.408 e. The van der Waals surface area contributed by atoms with Crippen molar-refractivity contribution in [3.63, 3.8) is 0 Å². The molecule has 0 aromatic heterocycles. The monoisotopic (exact) mass is 708 g/mol. The summed E-state index contributed by atoms with van der Waals surface area (Å²) in [5, 5.41) is 34.9. The van der Waals surface area contributed by atoms with Crippen molar-refractivity contribution < 1.29 is 34.1 Å². The zero-order valence-corrected chi connectivity index (χ0v) is 29.7. The minimum Gasteiger partial charge on any atom is -0.497 e. The number of hydrogen-bond donors (Lipinski definition) is 6. The van der Waals surface area contributed by atoms with Crippen molar-refractivity contribution in [1.29, 1.82) is 0 Å². The number of nitrogens with one attached hydrogen (secondary N) is 4. The molecule has 11 nitrogen and oxygen atoms in total.